The first-order chi connectivity index (χ1) is 12.9. The highest BCUT2D eigenvalue weighted by molar-refractivity contribution is 7.99. The molecule has 6 nitrogen and oxygen atoms in total. The molecule has 0 bridgehead atoms. The molecule has 142 valence electrons. The molecule has 2 rings (SSSR count). The highest BCUT2D eigenvalue weighted by Crippen LogP contribution is 2.13. The Hall–Kier alpha value is -2.51. The van der Waals surface area contributed by atoms with Crippen LogP contribution in [-0.2, 0) is 20.1 Å². The van der Waals surface area contributed by atoms with Crippen molar-refractivity contribution in [3.05, 3.63) is 70.2 Å². The Morgan fingerprint density at radius 3 is 2.33 bits per heavy atom. The minimum atomic E-state index is -0.630. The van der Waals surface area contributed by atoms with Gasteiger partial charge in [0.25, 0.3) is 11.8 Å². The Morgan fingerprint density at radius 2 is 1.67 bits per heavy atom. The van der Waals surface area contributed by atoms with Crippen LogP contribution in [0, 0.1) is 6.92 Å². The van der Waals surface area contributed by atoms with Crippen molar-refractivity contribution < 1.29 is 19.1 Å². The Balaban J connectivity index is 1.61. The van der Waals surface area contributed by atoms with E-state index in [1.54, 1.807) is 12.1 Å². The number of halogens is 1. The van der Waals surface area contributed by atoms with Gasteiger partial charge in [-0.05, 0) is 36.8 Å². The first-order valence-electron chi connectivity index (χ1n) is 8.07. The van der Waals surface area contributed by atoms with E-state index in [4.69, 9.17) is 16.3 Å². The van der Waals surface area contributed by atoms with Crippen molar-refractivity contribution in [3.63, 3.8) is 0 Å². The molecule has 0 aliphatic rings. The molecular formula is C19H19ClN2O4S. The summed E-state index contributed by atoms with van der Waals surface area (Å²) in [5, 5.41) is 0.503. The fourth-order valence-electron chi connectivity index (χ4n) is 1.96. The predicted molar refractivity (Wildman–Crippen MR) is 105 cm³/mol. The molecule has 0 heterocycles. The fourth-order valence-corrected chi connectivity index (χ4v) is 2.87. The van der Waals surface area contributed by atoms with Gasteiger partial charge in [0, 0.05) is 16.3 Å². The lowest BCUT2D eigenvalue weighted by Gasteiger charge is -2.08. The van der Waals surface area contributed by atoms with Crippen molar-refractivity contribution in [1.82, 2.24) is 10.9 Å². The Labute approximate surface area is 166 Å². The third-order valence-electron chi connectivity index (χ3n) is 3.40. The average molecular weight is 407 g/mol. The summed E-state index contributed by atoms with van der Waals surface area (Å²) in [5.74, 6) is -0.808. The standard InChI is InChI=1S/C19H19ClN2O4S/c1-13-2-4-14(5-3-13)11-27-12-18(24)26-10-17(23)21-22-19(25)15-6-8-16(20)9-7-15/h2-9H,10-12H2,1H3,(H,21,23)(H,22,25). The van der Waals surface area contributed by atoms with E-state index >= 15 is 0 Å². The van der Waals surface area contributed by atoms with Crippen LogP contribution in [0.3, 0.4) is 0 Å². The molecule has 2 aromatic rings. The van der Waals surface area contributed by atoms with E-state index < -0.39 is 24.4 Å². The molecule has 0 fully saturated rings. The maximum absolute atomic E-state index is 11.8. The largest absolute Gasteiger partial charge is 0.455 e. The average Bonchev–Trinajstić information content (AvgIpc) is 2.66. The van der Waals surface area contributed by atoms with Crippen LogP contribution in [-0.4, -0.2) is 30.1 Å². The third kappa shape index (κ3) is 7.72. The van der Waals surface area contributed by atoms with Crippen LogP contribution in [0.25, 0.3) is 0 Å². The number of hydrogen-bond donors (Lipinski definition) is 2. The van der Waals surface area contributed by atoms with Crippen LogP contribution in [0.2, 0.25) is 5.02 Å². The smallest absolute Gasteiger partial charge is 0.316 e. The van der Waals surface area contributed by atoms with Gasteiger partial charge >= 0.3 is 5.97 Å². The number of hydrazine groups is 1. The van der Waals surface area contributed by atoms with Gasteiger partial charge < -0.3 is 4.74 Å². The quantitative estimate of drug-likeness (QED) is 0.545. The lowest BCUT2D eigenvalue weighted by molar-refractivity contribution is -0.146. The maximum Gasteiger partial charge on any atom is 0.316 e. The van der Waals surface area contributed by atoms with E-state index in [9.17, 15) is 14.4 Å². The van der Waals surface area contributed by atoms with Gasteiger partial charge in [-0.1, -0.05) is 41.4 Å². The molecule has 0 aliphatic heterocycles. The van der Waals surface area contributed by atoms with Gasteiger partial charge in [-0.15, -0.1) is 11.8 Å². The number of hydrogen-bond acceptors (Lipinski definition) is 5. The molecule has 8 heteroatoms. The molecule has 2 aromatic carbocycles. The van der Waals surface area contributed by atoms with Gasteiger partial charge in [0.2, 0.25) is 0 Å². The van der Waals surface area contributed by atoms with Crippen molar-refractivity contribution >= 4 is 41.1 Å². The van der Waals surface area contributed by atoms with Gasteiger partial charge in [-0.3, -0.25) is 25.2 Å². The summed E-state index contributed by atoms with van der Waals surface area (Å²) in [6.07, 6.45) is 0. The number of carbonyl (C=O) groups excluding carboxylic acids is 3. The van der Waals surface area contributed by atoms with Crippen LogP contribution in [0.15, 0.2) is 48.5 Å². The summed E-state index contributed by atoms with van der Waals surface area (Å²) in [6.45, 7) is 1.54. The molecule has 0 unspecified atom stereocenters. The second-order valence-electron chi connectivity index (χ2n) is 5.65. The number of aryl methyl sites for hydroxylation is 1. The summed E-state index contributed by atoms with van der Waals surface area (Å²) in [4.78, 5) is 35.1. The number of esters is 1. The molecule has 0 atom stereocenters. The van der Waals surface area contributed by atoms with Crippen LogP contribution in [0.4, 0.5) is 0 Å². The highest BCUT2D eigenvalue weighted by Gasteiger charge is 2.10. The number of amides is 2. The number of thioether (sulfide) groups is 1. The van der Waals surface area contributed by atoms with E-state index in [-0.39, 0.29) is 5.75 Å². The fraction of sp³-hybridized carbons (Fsp3) is 0.211. The van der Waals surface area contributed by atoms with Gasteiger partial charge in [0.15, 0.2) is 6.61 Å². The summed E-state index contributed by atoms with van der Waals surface area (Å²) in [7, 11) is 0. The summed E-state index contributed by atoms with van der Waals surface area (Å²) >= 11 is 7.14. The zero-order valence-electron chi connectivity index (χ0n) is 14.7. The summed E-state index contributed by atoms with van der Waals surface area (Å²) in [6, 6.07) is 14.2. The van der Waals surface area contributed by atoms with Crippen molar-refractivity contribution in [2.45, 2.75) is 12.7 Å². The molecule has 0 saturated carbocycles. The van der Waals surface area contributed by atoms with Crippen molar-refractivity contribution in [2.24, 2.45) is 0 Å². The zero-order valence-corrected chi connectivity index (χ0v) is 16.2. The molecule has 0 saturated heterocycles. The molecule has 0 aliphatic carbocycles. The second kappa shape index (κ2) is 10.6. The van der Waals surface area contributed by atoms with Crippen LogP contribution < -0.4 is 10.9 Å². The SMILES string of the molecule is Cc1ccc(CSCC(=O)OCC(=O)NNC(=O)c2ccc(Cl)cc2)cc1. The molecule has 27 heavy (non-hydrogen) atoms. The number of rotatable bonds is 7. The predicted octanol–water partition coefficient (Wildman–Crippen LogP) is 2.89. The van der Waals surface area contributed by atoms with Crippen LogP contribution in [0.1, 0.15) is 21.5 Å². The van der Waals surface area contributed by atoms with E-state index in [0.717, 1.165) is 5.56 Å². The first-order valence-corrected chi connectivity index (χ1v) is 9.61. The third-order valence-corrected chi connectivity index (χ3v) is 4.62. The minimum absolute atomic E-state index is 0.137. The number of benzene rings is 2. The highest BCUT2D eigenvalue weighted by atomic mass is 35.5. The Morgan fingerprint density at radius 1 is 1.00 bits per heavy atom. The lowest BCUT2D eigenvalue weighted by Crippen LogP contribution is -2.43. The minimum Gasteiger partial charge on any atom is -0.455 e. The molecular weight excluding hydrogens is 388 g/mol. The Kier molecular flexibility index (Phi) is 8.16. The van der Waals surface area contributed by atoms with E-state index in [0.29, 0.717) is 16.3 Å². The maximum atomic E-state index is 11.8. The van der Waals surface area contributed by atoms with E-state index in [1.165, 1.54) is 29.5 Å². The molecule has 2 N–H and O–H groups in total. The lowest BCUT2D eigenvalue weighted by atomic mass is 10.2. The van der Waals surface area contributed by atoms with Gasteiger partial charge in [0.05, 0.1) is 5.75 Å². The van der Waals surface area contributed by atoms with Gasteiger partial charge in [-0.25, -0.2) is 0 Å². The number of nitrogens with one attached hydrogen (secondary N) is 2. The van der Waals surface area contributed by atoms with Crippen LogP contribution in [0.5, 0.6) is 0 Å². The van der Waals surface area contributed by atoms with Crippen molar-refractivity contribution in [2.75, 3.05) is 12.4 Å². The normalized spacial score (nSPS) is 10.1. The molecule has 0 radical (unpaired) electrons. The first kappa shape index (κ1) is 20.8. The van der Waals surface area contributed by atoms with Crippen LogP contribution >= 0.6 is 23.4 Å². The molecule has 0 spiro atoms. The molecule has 0 aromatic heterocycles. The topological polar surface area (TPSA) is 84.5 Å². The van der Waals surface area contributed by atoms with Crippen molar-refractivity contribution in [3.8, 4) is 0 Å². The molecule has 2 amide bonds. The number of ether oxygens (including phenoxy) is 1. The Bertz CT molecular complexity index is 794. The van der Waals surface area contributed by atoms with Crippen molar-refractivity contribution in [1.29, 1.82) is 0 Å². The second-order valence-corrected chi connectivity index (χ2v) is 7.07. The van der Waals surface area contributed by atoms with Gasteiger partial charge in [-0.2, -0.15) is 0 Å². The summed E-state index contributed by atoms with van der Waals surface area (Å²) in [5.41, 5.74) is 7.04. The zero-order chi connectivity index (χ0) is 19.6. The van der Waals surface area contributed by atoms with E-state index in [1.807, 2.05) is 31.2 Å². The van der Waals surface area contributed by atoms with Gasteiger partial charge in [0.1, 0.15) is 0 Å². The number of carbonyl (C=O) groups is 3. The summed E-state index contributed by atoms with van der Waals surface area (Å²) < 4.78 is 4.87. The monoisotopic (exact) mass is 406 g/mol. The van der Waals surface area contributed by atoms with E-state index in [2.05, 4.69) is 10.9 Å².